The van der Waals surface area contributed by atoms with Gasteiger partial charge in [-0.25, -0.2) is 4.98 Å². The van der Waals surface area contributed by atoms with Crippen molar-refractivity contribution < 1.29 is 18.0 Å². The van der Waals surface area contributed by atoms with Crippen molar-refractivity contribution in [3.63, 3.8) is 0 Å². The van der Waals surface area contributed by atoms with Gasteiger partial charge in [-0.15, -0.1) is 0 Å². The number of anilines is 2. The predicted molar refractivity (Wildman–Crippen MR) is 83.2 cm³/mol. The van der Waals surface area contributed by atoms with E-state index < -0.39 is 11.1 Å². The quantitative estimate of drug-likeness (QED) is 0.853. The highest BCUT2D eigenvalue weighted by molar-refractivity contribution is 9.10. The fourth-order valence-corrected chi connectivity index (χ4v) is 2.74. The number of aromatic nitrogens is 1. The molecule has 118 valence electrons. The second kappa shape index (κ2) is 6.66. The number of carbonyl (C=O) groups is 1. The molecular weight excluding hydrogens is 383 g/mol. The normalized spacial score (nSPS) is 11.3. The molecule has 1 amide bonds. The number of alkyl halides is 3. The van der Waals surface area contributed by atoms with E-state index in [1.807, 2.05) is 0 Å². The lowest BCUT2D eigenvalue weighted by molar-refractivity contribution is -0.134. The van der Waals surface area contributed by atoms with E-state index in [2.05, 4.69) is 26.2 Å². The number of thiazole rings is 1. The van der Waals surface area contributed by atoms with Gasteiger partial charge in [0, 0.05) is 11.5 Å². The Bertz CT molecular complexity index is 675. The van der Waals surface area contributed by atoms with Crippen molar-refractivity contribution in [2.45, 2.75) is 6.18 Å². The van der Waals surface area contributed by atoms with E-state index in [0.717, 1.165) is 10.7 Å². The third-order valence-electron chi connectivity index (χ3n) is 2.63. The Balaban J connectivity index is 2.00. The van der Waals surface area contributed by atoms with Gasteiger partial charge < -0.3 is 10.2 Å². The molecule has 2 aromatic rings. The minimum Gasteiger partial charge on any atom is -0.342 e. The lowest BCUT2D eigenvalue weighted by Crippen LogP contribution is -2.30. The van der Waals surface area contributed by atoms with Gasteiger partial charge in [-0.05, 0) is 28.1 Å². The highest BCUT2D eigenvalue weighted by Crippen LogP contribution is 2.35. The summed E-state index contributed by atoms with van der Waals surface area (Å²) in [5.74, 6) is -0.349. The summed E-state index contributed by atoms with van der Waals surface area (Å²) in [5.41, 5.74) is 0.594. The number of benzene rings is 1. The van der Waals surface area contributed by atoms with Gasteiger partial charge in [-0.2, -0.15) is 13.2 Å². The second-order valence-corrected chi connectivity index (χ2v) is 6.25. The Hall–Kier alpha value is -1.61. The maximum Gasteiger partial charge on any atom is 0.427 e. The zero-order chi connectivity index (χ0) is 16.3. The molecule has 0 aliphatic rings. The molecule has 0 atom stereocenters. The van der Waals surface area contributed by atoms with Gasteiger partial charge in [0.15, 0.2) is 5.13 Å². The second-order valence-electron chi connectivity index (χ2n) is 4.39. The van der Waals surface area contributed by atoms with E-state index in [9.17, 15) is 18.0 Å². The zero-order valence-electron chi connectivity index (χ0n) is 11.3. The molecular formula is C13H11BrF3N3OS. The number of halogens is 4. The summed E-state index contributed by atoms with van der Waals surface area (Å²) in [5, 5.41) is 2.81. The van der Waals surface area contributed by atoms with Crippen molar-refractivity contribution >= 4 is 44.0 Å². The molecule has 0 fully saturated rings. The number of hydrogen-bond acceptors (Lipinski definition) is 4. The molecule has 4 nitrogen and oxygen atoms in total. The van der Waals surface area contributed by atoms with Crippen LogP contribution in [-0.4, -0.2) is 24.5 Å². The molecule has 1 aromatic carbocycles. The summed E-state index contributed by atoms with van der Waals surface area (Å²) in [7, 11) is 1.51. The number of carbonyl (C=O) groups excluding carboxylic acids is 1. The third kappa shape index (κ3) is 4.20. The predicted octanol–water partition coefficient (Wildman–Crippen LogP) is 4.00. The van der Waals surface area contributed by atoms with Crippen LogP contribution < -0.4 is 10.2 Å². The first kappa shape index (κ1) is 16.8. The van der Waals surface area contributed by atoms with Crippen molar-refractivity contribution in [1.29, 1.82) is 0 Å². The van der Waals surface area contributed by atoms with Crippen LogP contribution in [0.2, 0.25) is 0 Å². The SMILES string of the molecule is CN(CC(=O)Nc1ccccc1Br)c1ncc(C(F)(F)F)s1. The van der Waals surface area contributed by atoms with E-state index >= 15 is 0 Å². The van der Waals surface area contributed by atoms with Crippen LogP contribution in [-0.2, 0) is 11.0 Å². The molecule has 0 radical (unpaired) electrons. The molecule has 0 aliphatic carbocycles. The van der Waals surface area contributed by atoms with Gasteiger partial charge in [0.1, 0.15) is 4.88 Å². The topological polar surface area (TPSA) is 45.2 Å². The Labute approximate surface area is 137 Å². The fourth-order valence-electron chi connectivity index (χ4n) is 1.61. The first-order chi connectivity index (χ1) is 10.3. The van der Waals surface area contributed by atoms with E-state index in [-0.39, 0.29) is 17.6 Å². The van der Waals surface area contributed by atoms with Crippen molar-refractivity contribution in [2.24, 2.45) is 0 Å². The van der Waals surface area contributed by atoms with E-state index in [0.29, 0.717) is 17.0 Å². The molecule has 0 aliphatic heterocycles. The number of likely N-dealkylation sites (N-methyl/N-ethyl adjacent to an activating group) is 1. The van der Waals surface area contributed by atoms with Gasteiger partial charge in [-0.1, -0.05) is 23.5 Å². The molecule has 22 heavy (non-hydrogen) atoms. The van der Waals surface area contributed by atoms with Crippen LogP contribution in [0.4, 0.5) is 24.0 Å². The molecule has 0 bridgehead atoms. The van der Waals surface area contributed by atoms with Crippen molar-refractivity contribution in [3.05, 3.63) is 39.8 Å². The highest BCUT2D eigenvalue weighted by Gasteiger charge is 2.33. The van der Waals surface area contributed by atoms with E-state index in [4.69, 9.17) is 0 Å². The molecule has 1 N–H and O–H groups in total. The first-order valence-corrected chi connectivity index (χ1v) is 7.67. The summed E-state index contributed by atoms with van der Waals surface area (Å²) >= 11 is 3.80. The van der Waals surface area contributed by atoms with E-state index in [1.54, 1.807) is 24.3 Å². The average molecular weight is 394 g/mol. The largest absolute Gasteiger partial charge is 0.427 e. The summed E-state index contributed by atoms with van der Waals surface area (Å²) in [6.45, 7) is -0.105. The molecule has 0 unspecified atom stereocenters. The van der Waals surface area contributed by atoms with Gasteiger partial charge >= 0.3 is 6.18 Å². The number of rotatable bonds is 4. The molecule has 0 saturated carbocycles. The Morgan fingerprint density at radius 1 is 1.41 bits per heavy atom. The highest BCUT2D eigenvalue weighted by atomic mass is 79.9. The Kier molecular flexibility index (Phi) is 5.07. The van der Waals surface area contributed by atoms with Crippen LogP contribution in [0.1, 0.15) is 4.88 Å². The van der Waals surface area contributed by atoms with Crippen molar-refractivity contribution in [1.82, 2.24) is 4.98 Å². The van der Waals surface area contributed by atoms with Crippen LogP contribution in [0.15, 0.2) is 34.9 Å². The van der Waals surface area contributed by atoms with Gasteiger partial charge in [0.05, 0.1) is 18.4 Å². The minimum absolute atomic E-state index is 0.105. The van der Waals surface area contributed by atoms with Crippen LogP contribution in [0.5, 0.6) is 0 Å². The smallest absolute Gasteiger partial charge is 0.342 e. The first-order valence-electron chi connectivity index (χ1n) is 6.06. The molecule has 1 heterocycles. The maximum absolute atomic E-state index is 12.5. The molecule has 9 heteroatoms. The Morgan fingerprint density at radius 2 is 2.09 bits per heavy atom. The summed E-state index contributed by atoms with van der Waals surface area (Å²) in [6.07, 6.45) is -3.66. The molecule has 0 saturated heterocycles. The summed E-state index contributed by atoms with van der Waals surface area (Å²) < 4.78 is 38.3. The van der Waals surface area contributed by atoms with Crippen molar-refractivity contribution in [2.75, 3.05) is 23.8 Å². The number of hydrogen-bond donors (Lipinski definition) is 1. The average Bonchev–Trinajstić information content (AvgIpc) is 2.91. The molecule has 0 spiro atoms. The standard InChI is InChI=1S/C13H11BrF3N3OS/c1-20(12-18-6-10(22-12)13(15,16)17)7-11(21)19-9-5-3-2-4-8(9)14/h2-6H,7H2,1H3,(H,19,21). The minimum atomic E-state index is -4.42. The van der Waals surface area contributed by atoms with E-state index in [1.165, 1.54) is 11.9 Å². The van der Waals surface area contributed by atoms with Crippen molar-refractivity contribution in [3.8, 4) is 0 Å². The number of nitrogens with zero attached hydrogens (tertiary/aromatic N) is 2. The summed E-state index contributed by atoms with van der Waals surface area (Å²) in [4.78, 5) is 16.2. The number of nitrogens with one attached hydrogen (secondary N) is 1. The maximum atomic E-state index is 12.5. The zero-order valence-corrected chi connectivity index (χ0v) is 13.7. The van der Waals surface area contributed by atoms with Crippen LogP contribution in [0, 0.1) is 0 Å². The number of amides is 1. The lowest BCUT2D eigenvalue weighted by atomic mass is 10.3. The number of para-hydroxylation sites is 1. The Morgan fingerprint density at radius 3 is 2.68 bits per heavy atom. The third-order valence-corrected chi connectivity index (χ3v) is 4.48. The van der Waals surface area contributed by atoms with Crippen LogP contribution in [0.3, 0.4) is 0 Å². The molecule has 1 aromatic heterocycles. The lowest BCUT2D eigenvalue weighted by Gasteiger charge is -2.15. The van der Waals surface area contributed by atoms with Gasteiger partial charge in [0.2, 0.25) is 5.91 Å². The van der Waals surface area contributed by atoms with Gasteiger partial charge in [0.25, 0.3) is 0 Å². The van der Waals surface area contributed by atoms with Crippen LogP contribution in [0.25, 0.3) is 0 Å². The summed E-state index contributed by atoms with van der Waals surface area (Å²) in [6, 6.07) is 7.06. The fraction of sp³-hybridized carbons (Fsp3) is 0.231. The molecule has 2 rings (SSSR count). The monoisotopic (exact) mass is 393 g/mol. The van der Waals surface area contributed by atoms with Gasteiger partial charge in [-0.3, -0.25) is 4.79 Å². The van der Waals surface area contributed by atoms with Crippen LogP contribution >= 0.6 is 27.3 Å².